The van der Waals surface area contributed by atoms with Crippen LogP contribution in [0, 0.1) is 0 Å². The Morgan fingerprint density at radius 2 is 1.95 bits per heavy atom. The summed E-state index contributed by atoms with van der Waals surface area (Å²) < 4.78 is 7.96. The number of rotatable bonds is 7. The third-order valence-electron chi connectivity index (χ3n) is 8.05. The van der Waals surface area contributed by atoms with Gasteiger partial charge in [-0.05, 0) is 49.4 Å². The quantitative estimate of drug-likeness (QED) is 0.335. The summed E-state index contributed by atoms with van der Waals surface area (Å²) in [6, 6.07) is 11.8. The molecule has 212 valence electrons. The van der Waals surface area contributed by atoms with Crippen LogP contribution in [-0.2, 0) is 22.6 Å². The summed E-state index contributed by atoms with van der Waals surface area (Å²) in [5.74, 6) is 1.31. The van der Waals surface area contributed by atoms with Crippen molar-refractivity contribution >= 4 is 22.6 Å². The van der Waals surface area contributed by atoms with E-state index in [1.165, 1.54) is 0 Å². The monoisotopic (exact) mass is 553 g/mol. The second-order valence-electron chi connectivity index (χ2n) is 10.7. The van der Waals surface area contributed by atoms with Crippen LogP contribution in [0.25, 0.3) is 33.3 Å². The second-order valence-corrected chi connectivity index (χ2v) is 10.7. The minimum Gasteiger partial charge on any atom is -0.381 e. The average Bonchev–Trinajstić information content (AvgIpc) is 3.40. The van der Waals surface area contributed by atoms with E-state index in [1.54, 1.807) is 19.2 Å². The number of benzene rings is 1. The summed E-state index contributed by atoms with van der Waals surface area (Å²) in [6.45, 7) is 6.16. The molecule has 0 saturated carbocycles. The van der Waals surface area contributed by atoms with E-state index in [9.17, 15) is 9.59 Å². The van der Waals surface area contributed by atoms with E-state index in [1.807, 2.05) is 29.3 Å². The van der Waals surface area contributed by atoms with Crippen LogP contribution in [0.4, 0.5) is 0 Å². The zero-order chi connectivity index (χ0) is 28.3. The van der Waals surface area contributed by atoms with Crippen LogP contribution in [0.3, 0.4) is 0 Å². The summed E-state index contributed by atoms with van der Waals surface area (Å²) in [6.07, 6.45) is 6.20. The Morgan fingerprint density at radius 3 is 2.71 bits per heavy atom. The number of amides is 2. The van der Waals surface area contributed by atoms with Crippen molar-refractivity contribution in [2.75, 3.05) is 32.8 Å². The van der Waals surface area contributed by atoms with Gasteiger partial charge in [0.1, 0.15) is 11.5 Å². The van der Waals surface area contributed by atoms with E-state index in [0.29, 0.717) is 37.8 Å². The number of imidazole rings is 1. The largest absolute Gasteiger partial charge is 0.381 e. The van der Waals surface area contributed by atoms with E-state index in [-0.39, 0.29) is 11.8 Å². The lowest BCUT2D eigenvalue weighted by molar-refractivity contribution is -0.130. The third kappa shape index (κ3) is 5.45. The van der Waals surface area contributed by atoms with Gasteiger partial charge in [-0.1, -0.05) is 18.2 Å². The van der Waals surface area contributed by atoms with Gasteiger partial charge >= 0.3 is 0 Å². The highest BCUT2D eigenvalue weighted by atomic mass is 16.5. The summed E-state index contributed by atoms with van der Waals surface area (Å²) in [4.78, 5) is 40.9. The van der Waals surface area contributed by atoms with Gasteiger partial charge in [-0.25, -0.2) is 4.98 Å². The summed E-state index contributed by atoms with van der Waals surface area (Å²) in [7, 11) is 0. The molecule has 4 aromatic rings. The van der Waals surface area contributed by atoms with Crippen molar-refractivity contribution in [2.24, 2.45) is 5.73 Å². The number of carbonyl (C=O) groups is 2. The number of nitrogens with two attached hydrogens (primary N) is 1. The number of aromatic nitrogens is 4. The van der Waals surface area contributed by atoms with Gasteiger partial charge < -0.3 is 25.3 Å². The Hall–Kier alpha value is -4.15. The number of nitrogens with one attached hydrogen (secondary N) is 1. The number of carbonyl (C=O) groups excluding carboxylic acids is 2. The molecule has 1 saturated heterocycles. The lowest BCUT2D eigenvalue weighted by Gasteiger charge is -2.30. The van der Waals surface area contributed by atoms with Crippen LogP contribution >= 0.6 is 0 Å². The maximum Gasteiger partial charge on any atom is 0.269 e. The highest BCUT2D eigenvalue weighted by Gasteiger charge is 2.30. The molecule has 6 rings (SSSR count). The lowest BCUT2D eigenvalue weighted by Crippen LogP contribution is -2.37. The molecular weight excluding hydrogens is 518 g/mol. The average molecular weight is 554 g/mol. The Bertz CT molecular complexity index is 1570. The number of pyridine rings is 2. The van der Waals surface area contributed by atoms with Gasteiger partial charge in [0.2, 0.25) is 5.91 Å². The van der Waals surface area contributed by atoms with Crippen molar-refractivity contribution in [3.63, 3.8) is 0 Å². The number of ether oxygens (including phenoxy) is 1. The molecule has 10 nitrogen and oxygen atoms in total. The molecule has 3 aromatic heterocycles. The standard InChI is InChI=1S/C31H35N7O3/c1-20(39)37-12-13-38-28(19-37)29(36-30(38)21-8-14-41-15-9-21)24-5-2-4-22-16-27(35-18-25(22)24)23-6-7-26(34-17-23)31(40)33-11-3-10-32/h2,4-7,16-18,21H,3,8-15,19,32H2,1H3,(H,33,40). The number of hydrogen-bond acceptors (Lipinski definition) is 7. The molecule has 1 fully saturated rings. The van der Waals surface area contributed by atoms with Crippen molar-refractivity contribution < 1.29 is 14.3 Å². The predicted molar refractivity (Wildman–Crippen MR) is 156 cm³/mol. The molecule has 3 N–H and O–H groups in total. The molecule has 2 aliphatic rings. The van der Waals surface area contributed by atoms with Gasteiger partial charge in [0.25, 0.3) is 5.91 Å². The molecule has 5 heterocycles. The molecule has 2 aliphatic heterocycles. The second kappa shape index (κ2) is 11.8. The van der Waals surface area contributed by atoms with Crippen LogP contribution in [-0.4, -0.2) is 69.1 Å². The third-order valence-corrected chi connectivity index (χ3v) is 8.05. The molecule has 2 amide bonds. The van der Waals surface area contributed by atoms with E-state index in [4.69, 9.17) is 20.4 Å². The first-order valence-corrected chi connectivity index (χ1v) is 14.3. The highest BCUT2D eigenvalue weighted by molar-refractivity contribution is 5.97. The van der Waals surface area contributed by atoms with Crippen molar-refractivity contribution in [1.29, 1.82) is 0 Å². The normalized spacial score (nSPS) is 15.6. The molecule has 0 unspecified atom stereocenters. The van der Waals surface area contributed by atoms with Crippen LogP contribution in [0.15, 0.2) is 48.8 Å². The van der Waals surface area contributed by atoms with Crippen molar-refractivity contribution in [3.05, 3.63) is 66.0 Å². The Morgan fingerprint density at radius 1 is 1.10 bits per heavy atom. The zero-order valence-electron chi connectivity index (χ0n) is 23.3. The molecular formula is C31H35N7O3. The smallest absolute Gasteiger partial charge is 0.269 e. The minimum absolute atomic E-state index is 0.0768. The maximum absolute atomic E-state index is 12.3. The van der Waals surface area contributed by atoms with Crippen molar-refractivity contribution in [1.82, 2.24) is 29.7 Å². The first-order chi connectivity index (χ1) is 20.0. The number of hydrogen-bond donors (Lipinski definition) is 2. The van der Waals surface area contributed by atoms with E-state index in [0.717, 1.165) is 83.8 Å². The fourth-order valence-electron chi connectivity index (χ4n) is 5.76. The summed E-state index contributed by atoms with van der Waals surface area (Å²) in [5.41, 5.74) is 10.5. The molecule has 0 atom stereocenters. The van der Waals surface area contributed by atoms with E-state index in [2.05, 4.69) is 27.0 Å². The van der Waals surface area contributed by atoms with Gasteiger partial charge in [-0.3, -0.25) is 19.6 Å². The first kappa shape index (κ1) is 27.0. The molecule has 0 bridgehead atoms. The van der Waals surface area contributed by atoms with Crippen molar-refractivity contribution in [2.45, 2.75) is 45.2 Å². The van der Waals surface area contributed by atoms with Crippen LogP contribution in [0.1, 0.15) is 54.1 Å². The fraction of sp³-hybridized carbons (Fsp3) is 0.387. The first-order valence-electron chi connectivity index (χ1n) is 14.3. The zero-order valence-corrected chi connectivity index (χ0v) is 23.3. The SMILES string of the molecule is CC(=O)N1CCn2c(C3CCOCC3)nc(-c3cccc4cc(-c5ccc(C(=O)NCCCN)nc5)ncc34)c2C1. The number of fused-ring (bicyclic) bond motifs is 2. The van der Waals surface area contributed by atoms with Gasteiger partial charge in [0.05, 0.1) is 23.6 Å². The fourth-order valence-corrected chi connectivity index (χ4v) is 5.76. The van der Waals surface area contributed by atoms with E-state index >= 15 is 0 Å². The Kier molecular flexibility index (Phi) is 7.76. The molecule has 1 aromatic carbocycles. The van der Waals surface area contributed by atoms with Crippen LogP contribution < -0.4 is 11.1 Å². The molecule has 41 heavy (non-hydrogen) atoms. The van der Waals surface area contributed by atoms with Gasteiger partial charge in [-0.15, -0.1) is 0 Å². The Labute approximate surface area is 238 Å². The van der Waals surface area contributed by atoms with Gasteiger partial charge in [-0.2, -0.15) is 0 Å². The Balaban J connectivity index is 1.34. The minimum atomic E-state index is -0.215. The lowest BCUT2D eigenvalue weighted by atomic mass is 9.99. The number of nitrogens with zero attached hydrogens (tertiary/aromatic N) is 5. The van der Waals surface area contributed by atoms with Crippen LogP contribution in [0.2, 0.25) is 0 Å². The highest BCUT2D eigenvalue weighted by Crippen LogP contribution is 2.37. The topological polar surface area (TPSA) is 128 Å². The predicted octanol–water partition coefficient (Wildman–Crippen LogP) is 3.50. The van der Waals surface area contributed by atoms with Gasteiger partial charge in [0.15, 0.2) is 0 Å². The molecule has 10 heteroatoms. The van der Waals surface area contributed by atoms with Crippen LogP contribution in [0.5, 0.6) is 0 Å². The van der Waals surface area contributed by atoms with Gasteiger partial charge in [0, 0.05) is 74.6 Å². The molecule has 0 aliphatic carbocycles. The maximum atomic E-state index is 12.3. The summed E-state index contributed by atoms with van der Waals surface area (Å²) in [5, 5.41) is 4.86. The molecule has 0 radical (unpaired) electrons. The van der Waals surface area contributed by atoms with Crippen molar-refractivity contribution in [3.8, 4) is 22.5 Å². The van der Waals surface area contributed by atoms with E-state index < -0.39 is 0 Å². The molecule has 0 spiro atoms. The summed E-state index contributed by atoms with van der Waals surface area (Å²) >= 11 is 0.